The van der Waals surface area contributed by atoms with Crippen molar-refractivity contribution in [2.45, 2.75) is 31.8 Å². The molecule has 0 N–H and O–H groups in total. The van der Waals surface area contributed by atoms with Gasteiger partial charge in [0.25, 0.3) is 5.69 Å². The van der Waals surface area contributed by atoms with Gasteiger partial charge in [0.2, 0.25) is 22.7 Å². The van der Waals surface area contributed by atoms with Crippen LogP contribution in [0.2, 0.25) is 5.02 Å². The van der Waals surface area contributed by atoms with Crippen LogP contribution in [0.3, 0.4) is 0 Å². The third-order valence-corrected chi connectivity index (χ3v) is 7.85. The topological polar surface area (TPSA) is 132 Å². The maximum absolute atomic E-state index is 13.6. The van der Waals surface area contributed by atoms with E-state index in [9.17, 15) is 23.3 Å². The molecule has 11 nitrogen and oxygen atoms in total. The molecule has 202 valence electrons. The third-order valence-electron chi connectivity index (χ3n) is 5.72. The lowest BCUT2D eigenvalue weighted by Crippen LogP contribution is -2.43. The molecule has 2 heterocycles. The minimum Gasteiger partial charge on any atom is -0.467 e. The van der Waals surface area contributed by atoms with Gasteiger partial charge >= 0.3 is 0 Å². The summed E-state index contributed by atoms with van der Waals surface area (Å²) in [6.45, 7) is 3.51. The summed E-state index contributed by atoms with van der Waals surface area (Å²) >= 11 is 5.87. The number of hydrogen-bond donors (Lipinski definition) is 0. The first-order chi connectivity index (χ1) is 18.0. The second kappa shape index (κ2) is 11.4. The predicted octanol–water partition coefficient (Wildman–Crippen LogP) is 4.45. The number of fused-ring (bicyclic) bond motifs is 1. The number of carbonyl (C=O) groups is 1. The van der Waals surface area contributed by atoms with Crippen molar-refractivity contribution in [2.75, 3.05) is 19.9 Å². The van der Waals surface area contributed by atoms with Crippen molar-refractivity contribution in [1.29, 1.82) is 0 Å². The molecular formula is C25H26ClN3O8S. The third kappa shape index (κ3) is 6.26. The standard InChI is InChI=1S/C25H26ClN3O8S/c1-17(2)12-28(38(33,34)20-6-7-21(26)22(11-20)29(31)32)15-25(30)27(14-19-4-3-9-35-19)13-18-5-8-23-24(10-18)37-16-36-23/h3-11,17H,12-16H2,1-2H3. The Bertz CT molecular complexity index is 1430. The van der Waals surface area contributed by atoms with Gasteiger partial charge in [-0.3, -0.25) is 14.9 Å². The molecule has 13 heteroatoms. The molecule has 1 aliphatic heterocycles. The van der Waals surface area contributed by atoms with Crippen LogP contribution in [0.4, 0.5) is 5.69 Å². The molecule has 3 aromatic rings. The van der Waals surface area contributed by atoms with Gasteiger partial charge in [0, 0.05) is 19.2 Å². The van der Waals surface area contributed by atoms with Crippen molar-refractivity contribution < 1.29 is 32.0 Å². The Labute approximate surface area is 224 Å². The van der Waals surface area contributed by atoms with Gasteiger partial charge in [0.15, 0.2) is 11.5 Å². The number of benzene rings is 2. The van der Waals surface area contributed by atoms with Crippen molar-refractivity contribution in [3.05, 3.63) is 81.3 Å². The van der Waals surface area contributed by atoms with E-state index < -0.39 is 33.1 Å². The molecule has 4 rings (SSSR count). The second-order valence-corrected chi connectivity index (χ2v) is 11.4. The van der Waals surface area contributed by atoms with Crippen molar-refractivity contribution in [1.82, 2.24) is 9.21 Å². The number of carbonyl (C=O) groups excluding carboxylic acids is 1. The van der Waals surface area contributed by atoms with Crippen molar-refractivity contribution in [2.24, 2.45) is 5.92 Å². The lowest BCUT2D eigenvalue weighted by Gasteiger charge is -2.28. The first-order valence-corrected chi connectivity index (χ1v) is 13.5. The van der Waals surface area contributed by atoms with E-state index in [1.54, 1.807) is 30.3 Å². The molecule has 0 atom stereocenters. The molecule has 0 saturated carbocycles. The maximum Gasteiger partial charge on any atom is 0.289 e. The molecule has 0 radical (unpaired) electrons. The number of amides is 1. The fraction of sp³-hybridized carbons (Fsp3) is 0.320. The Morgan fingerprint density at radius 2 is 1.87 bits per heavy atom. The molecule has 0 fully saturated rings. The Morgan fingerprint density at radius 3 is 2.55 bits per heavy atom. The number of sulfonamides is 1. The number of halogens is 1. The molecular weight excluding hydrogens is 538 g/mol. The smallest absolute Gasteiger partial charge is 0.289 e. The van der Waals surface area contributed by atoms with E-state index >= 15 is 0 Å². The van der Waals surface area contributed by atoms with E-state index in [0.717, 1.165) is 22.0 Å². The highest BCUT2D eigenvalue weighted by Gasteiger charge is 2.31. The van der Waals surface area contributed by atoms with E-state index in [4.69, 9.17) is 25.5 Å². The number of hydrogen-bond acceptors (Lipinski definition) is 8. The summed E-state index contributed by atoms with van der Waals surface area (Å²) in [5.41, 5.74) is 0.214. The quantitative estimate of drug-likeness (QED) is 0.247. The van der Waals surface area contributed by atoms with Gasteiger partial charge in [0.05, 0.1) is 29.2 Å². The molecule has 1 amide bonds. The highest BCUT2D eigenvalue weighted by atomic mass is 35.5. The Kier molecular flexibility index (Phi) is 8.24. The average molecular weight is 564 g/mol. The summed E-state index contributed by atoms with van der Waals surface area (Å²) in [6.07, 6.45) is 1.49. The van der Waals surface area contributed by atoms with Gasteiger partial charge in [-0.05, 0) is 47.9 Å². The molecule has 0 aliphatic carbocycles. The normalized spacial score (nSPS) is 12.8. The van der Waals surface area contributed by atoms with Gasteiger partial charge in [-0.1, -0.05) is 31.5 Å². The van der Waals surface area contributed by atoms with Crippen LogP contribution in [0.25, 0.3) is 0 Å². The van der Waals surface area contributed by atoms with Gasteiger partial charge < -0.3 is 18.8 Å². The molecule has 38 heavy (non-hydrogen) atoms. The number of nitro groups is 1. The van der Waals surface area contributed by atoms with Crippen LogP contribution in [0.5, 0.6) is 11.5 Å². The van der Waals surface area contributed by atoms with Crippen molar-refractivity contribution in [3.63, 3.8) is 0 Å². The SMILES string of the molecule is CC(C)CN(CC(=O)N(Cc1ccc2c(c1)OCO2)Cc1ccco1)S(=O)(=O)c1ccc(Cl)c([N+](=O)[O-])c1. The molecule has 0 saturated heterocycles. The summed E-state index contributed by atoms with van der Waals surface area (Å²) in [5.74, 6) is 1.06. The van der Waals surface area contributed by atoms with Gasteiger partial charge in [0.1, 0.15) is 10.8 Å². The van der Waals surface area contributed by atoms with Crippen LogP contribution in [0.15, 0.2) is 64.1 Å². The van der Waals surface area contributed by atoms with Gasteiger partial charge in [-0.2, -0.15) is 4.31 Å². The number of nitro benzene ring substituents is 1. The minimum atomic E-state index is -4.28. The van der Waals surface area contributed by atoms with E-state index in [-0.39, 0.29) is 42.3 Å². The van der Waals surface area contributed by atoms with E-state index in [2.05, 4.69) is 0 Å². The number of nitrogens with zero attached hydrogens (tertiary/aromatic N) is 3. The lowest BCUT2D eigenvalue weighted by molar-refractivity contribution is -0.384. The predicted molar refractivity (Wildman–Crippen MR) is 137 cm³/mol. The van der Waals surface area contributed by atoms with E-state index in [1.807, 2.05) is 13.8 Å². The maximum atomic E-state index is 13.6. The monoisotopic (exact) mass is 563 g/mol. The van der Waals surface area contributed by atoms with Crippen LogP contribution in [-0.2, 0) is 27.9 Å². The fourth-order valence-electron chi connectivity index (χ4n) is 3.93. The minimum absolute atomic E-state index is 0.0170. The Morgan fingerprint density at radius 1 is 1.11 bits per heavy atom. The molecule has 1 aliphatic rings. The average Bonchev–Trinajstić information content (AvgIpc) is 3.54. The number of ether oxygens (including phenoxy) is 2. The summed E-state index contributed by atoms with van der Waals surface area (Å²) in [4.78, 5) is 25.3. The van der Waals surface area contributed by atoms with Crippen molar-refractivity contribution in [3.8, 4) is 11.5 Å². The fourth-order valence-corrected chi connectivity index (χ4v) is 5.69. The second-order valence-electron chi connectivity index (χ2n) is 9.08. The summed E-state index contributed by atoms with van der Waals surface area (Å²) in [6, 6.07) is 12.0. The first kappa shape index (κ1) is 27.4. The summed E-state index contributed by atoms with van der Waals surface area (Å²) < 4.78 is 44.4. The van der Waals surface area contributed by atoms with E-state index in [0.29, 0.717) is 17.3 Å². The zero-order valence-electron chi connectivity index (χ0n) is 20.7. The summed E-state index contributed by atoms with van der Waals surface area (Å²) in [7, 11) is -4.28. The first-order valence-electron chi connectivity index (χ1n) is 11.7. The zero-order chi connectivity index (χ0) is 27.4. The van der Waals surface area contributed by atoms with Crippen molar-refractivity contribution >= 4 is 33.2 Å². The highest BCUT2D eigenvalue weighted by molar-refractivity contribution is 7.89. The molecule has 1 aromatic heterocycles. The zero-order valence-corrected chi connectivity index (χ0v) is 22.3. The van der Waals surface area contributed by atoms with Crippen LogP contribution in [-0.4, -0.2) is 48.3 Å². The van der Waals surface area contributed by atoms with Crippen LogP contribution >= 0.6 is 11.6 Å². The highest BCUT2D eigenvalue weighted by Crippen LogP contribution is 2.33. The molecule has 0 unspecified atom stereocenters. The van der Waals surface area contributed by atoms with Crippen LogP contribution < -0.4 is 9.47 Å². The Balaban J connectivity index is 1.62. The molecule has 2 aromatic carbocycles. The molecule has 0 bridgehead atoms. The van der Waals surface area contributed by atoms with Gasteiger partial charge in [-0.15, -0.1) is 0 Å². The Hall–Kier alpha value is -3.61. The lowest BCUT2D eigenvalue weighted by atomic mass is 10.2. The number of rotatable bonds is 11. The van der Waals surface area contributed by atoms with Crippen LogP contribution in [0, 0.1) is 16.0 Å². The largest absolute Gasteiger partial charge is 0.467 e. The van der Waals surface area contributed by atoms with E-state index in [1.165, 1.54) is 17.2 Å². The number of furan rings is 1. The van der Waals surface area contributed by atoms with Gasteiger partial charge in [-0.25, -0.2) is 8.42 Å². The van der Waals surface area contributed by atoms with Crippen LogP contribution in [0.1, 0.15) is 25.2 Å². The molecule has 0 spiro atoms. The summed E-state index contributed by atoms with van der Waals surface area (Å²) in [5, 5.41) is 11.2.